The monoisotopic (exact) mass is 232 g/mol. The Bertz CT molecular complexity index is 151. The normalized spacial score (nSPS) is 20.8. The summed E-state index contributed by atoms with van der Waals surface area (Å²) < 4.78 is 5.53. The van der Waals surface area contributed by atoms with Gasteiger partial charge in [-0.2, -0.15) is 0 Å². The van der Waals surface area contributed by atoms with Crippen LogP contribution < -0.4 is 0 Å². The Kier molecular flexibility index (Phi) is 8.90. The van der Waals surface area contributed by atoms with Gasteiger partial charge in [-0.15, -0.1) is 0 Å². The van der Waals surface area contributed by atoms with Gasteiger partial charge in [0.2, 0.25) is 0 Å². The summed E-state index contributed by atoms with van der Waals surface area (Å²) in [6, 6.07) is 0. The molecule has 0 saturated heterocycles. The third-order valence-corrected chi connectivity index (χ3v) is 2.52. The lowest BCUT2D eigenvalue weighted by molar-refractivity contribution is -0.0931. The quantitative estimate of drug-likeness (QED) is 0.783. The Hall–Kier alpha value is -0.120. The van der Waals surface area contributed by atoms with Crippen molar-refractivity contribution in [1.82, 2.24) is 0 Å². The summed E-state index contributed by atoms with van der Waals surface area (Å²) in [5, 5.41) is 18.3. The molecule has 1 unspecified atom stereocenters. The molecule has 0 spiro atoms. The smallest absolute Gasteiger partial charge is 0.108 e. The minimum absolute atomic E-state index is 0.236. The summed E-state index contributed by atoms with van der Waals surface area (Å²) in [5.41, 5.74) is -1.07. The molecule has 3 nitrogen and oxygen atoms in total. The van der Waals surface area contributed by atoms with Gasteiger partial charge in [-0.3, -0.25) is 0 Å². The molecule has 0 radical (unpaired) electrons. The van der Waals surface area contributed by atoms with Crippen molar-refractivity contribution in [1.29, 1.82) is 0 Å². The van der Waals surface area contributed by atoms with E-state index in [-0.39, 0.29) is 13.2 Å². The molecule has 1 saturated carbocycles. The van der Waals surface area contributed by atoms with Crippen LogP contribution in [0.4, 0.5) is 0 Å². The van der Waals surface area contributed by atoms with Gasteiger partial charge in [0.05, 0.1) is 19.3 Å². The second kappa shape index (κ2) is 8.97. The highest BCUT2D eigenvalue weighted by molar-refractivity contribution is 4.72. The summed E-state index contributed by atoms with van der Waals surface area (Å²) in [4.78, 5) is 0. The molecule has 1 atom stereocenters. The first kappa shape index (κ1) is 15.9. The lowest BCUT2D eigenvalue weighted by atomic mass is 9.97. The van der Waals surface area contributed by atoms with Crippen LogP contribution in [0.2, 0.25) is 0 Å². The molecule has 1 aliphatic rings. The molecule has 1 fully saturated rings. The average Bonchev–Trinajstić information content (AvgIpc) is 2.29. The number of aliphatic hydroxyl groups excluding tert-OH is 1. The summed E-state index contributed by atoms with van der Waals surface area (Å²) in [7, 11) is 0. The van der Waals surface area contributed by atoms with E-state index in [0.29, 0.717) is 6.10 Å². The van der Waals surface area contributed by atoms with Gasteiger partial charge in [-0.05, 0) is 19.8 Å². The maximum absolute atomic E-state index is 9.48. The van der Waals surface area contributed by atoms with Gasteiger partial charge in [-0.25, -0.2) is 0 Å². The zero-order valence-electron chi connectivity index (χ0n) is 11.0. The number of hydrogen-bond acceptors (Lipinski definition) is 3. The van der Waals surface area contributed by atoms with Crippen LogP contribution in [0.3, 0.4) is 0 Å². The Morgan fingerprint density at radius 3 is 2.12 bits per heavy atom. The predicted molar refractivity (Wildman–Crippen MR) is 66.5 cm³/mol. The molecule has 1 aliphatic carbocycles. The standard InChI is InChI=1S/C10H20O3.C3H8/c1-10(12,7-11)8-13-9-5-3-2-4-6-9;1-3-2/h9,11-12H,2-8H2,1H3;3H2,1-2H3. The van der Waals surface area contributed by atoms with E-state index >= 15 is 0 Å². The van der Waals surface area contributed by atoms with Crippen molar-refractivity contribution >= 4 is 0 Å². The first-order valence-corrected chi connectivity index (χ1v) is 6.50. The molecule has 98 valence electrons. The van der Waals surface area contributed by atoms with Gasteiger partial charge >= 0.3 is 0 Å². The van der Waals surface area contributed by atoms with E-state index in [2.05, 4.69) is 13.8 Å². The van der Waals surface area contributed by atoms with Gasteiger partial charge < -0.3 is 14.9 Å². The largest absolute Gasteiger partial charge is 0.393 e. The highest BCUT2D eigenvalue weighted by atomic mass is 16.5. The second-order valence-corrected chi connectivity index (χ2v) is 4.93. The van der Waals surface area contributed by atoms with Crippen molar-refractivity contribution in [2.24, 2.45) is 0 Å². The van der Waals surface area contributed by atoms with Crippen LogP contribution in [0.15, 0.2) is 0 Å². The fourth-order valence-electron chi connectivity index (χ4n) is 1.57. The fourth-order valence-corrected chi connectivity index (χ4v) is 1.57. The van der Waals surface area contributed by atoms with Gasteiger partial charge in [0.15, 0.2) is 0 Å². The third-order valence-electron chi connectivity index (χ3n) is 2.52. The SMILES string of the molecule is CC(O)(CO)COC1CCCCC1.CCC. The summed E-state index contributed by atoms with van der Waals surface area (Å²) in [5.74, 6) is 0. The minimum atomic E-state index is -1.07. The van der Waals surface area contributed by atoms with Crippen molar-refractivity contribution in [3.8, 4) is 0 Å². The summed E-state index contributed by atoms with van der Waals surface area (Å²) in [6.07, 6.45) is 7.50. The van der Waals surface area contributed by atoms with Crippen LogP contribution in [0.1, 0.15) is 59.3 Å². The molecular weight excluding hydrogens is 204 g/mol. The first-order valence-electron chi connectivity index (χ1n) is 6.50. The van der Waals surface area contributed by atoms with Gasteiger partial charge in [0, 0.05) is 0 Å². The van der Waals surface area contributed by atoms with Crippen molar-refractivity contribution in [2.45, 2.75) is 71.0 Å². The fraction of sp³-hybridized carbons (Fsp3) is 1.00. The highest BCUT2D eigenvalue weighted by Crippen LogP contribution is 2.21. The maximum atomic E-state index is 9.48. The van der Waals surface area contributed by atoms with E-state index in [4.69, 9.17) is 9.84 Å². The van der Waals surface area contributed by atoms with Crippen LogP contribution in [0, 0.1) is 0 Å². The maximum Gasteiger partial charge on any atom is 0.108 e. The molecule has 0 aliphatic heterocycles. The Balaban J connectivity index is 0.000000673. The molecule has 2 N–H and O–H groups in total. The van der Waals surface area contributed by atoms with Crippen LogP contribution >= 0.6 is 0 Å². The number of rotatable bonds is 4. The van der Waals surface area contributed by atoms with Crippen molar-refractivity contribution in [3.05, 3.63) is 0 Å². The number of hydrogen-bond donors (Lipinski definition) is 2. The molecule has 0 aromatic heterocycles. The van der Waals surface area contributed by atoms with E-state index in [9.17, 15) is 5.11 Å². The summed E-state index contributed by atoms with van der Waals surface area (Å²) >= 11 is 0. The van der Waals surface area contributed by atoms with Crippen LogP contribution in [0.25, 0.3) is 0 Å². The molecule has 0 amide bonds. The highest BCUT2D eigenvalue weighted by Gasteiger charge is 2.22. The Morgan fingerprint density at radius 2 is 1.69 bits per heavy atom. The molecular formula is C13H28O3. The molecule has 3 heteroatoms. The van der Waals surface area contributed by atoms with Crippen molar-refractivity contribution < 1.29 is 14.9 Å². The molecule has 0 aromatic carbocycles. The summed E-state index contributed by atoms with van der Waals surface area (Å²) in [6.45, 7) is 5.85. The van der Waals surface area contributed by atoms with E-state index < -0.39 is 5.60 Å². The van der Waals surface area contributed by atoms with Gasteiger partial charge in [-0.1, -0.05) is 39.5 Å². The molecule has 0 aromatic rings. The minimum Gasteiger partial charge on any atom is -0.393 e. The van der Waals surface area contributed by atoms with Gasteiger partial charge in [0.25, 0.3) is 0 Å². The third kappa shape index (κ3) is 8.08. The number of aliphatic hydroxyl groups is 2. The van der Waals surface area contributed by atoms with Crippen molar-refractivity contribution in [3.63, 3.8) is 0 Å². The van der Waals surface area contributed by atoms with E-state index in [1.807, 2.05) is 0 Å². The van der Waals surface area contributed by atoms with E-state index in [0.717, 1.165) is 12.8 Å². The lowest BCUT2D eigenvalue weighted by Gasteiger charge is -2.27. The Morgan fingerprint density at radius 1 is 1.19 bits per heavy atom. The average molecular weight is 232 g/mol. The molecule has 1 rings (SSSR count). The van der Waals surface area contributed by atoms with Crippen molar-refractivity contribution in [2.75, 3.05) is 13.2 Å². The van der Waals surface area contributed by atoms with Crippen LogP contribution in [-0.4, -0.2) is 35.1 Å². The molecule has 16 heavy (non-hydrogen) atoms. The number of ether oxygens (including phenoxy) is 1. The zero-order valence-corrected chi connectivity index (χ0v) is 11.0. The van der Waals surface area contributed by atoms with E-state index in [1.165, 1.54) is 25.7 Å². The Labute approximate surface area is 99.8 Å². The zero-order chi connectivity index (χ0) is 12.4. The van der Waals surface area contributed by atoms with E-state index in [1.54, 1.807) is 6.92 Å². The first-order chi connectivity index (χ1) is 7.55. The lowest BCUT2D eigenvalue weighted by Crippen LogP contribution is -2.37. The molecule has 0 bridgehead atoms. The molecule has 0 heterocycles. The predicted octanol–water partition coefficient (Wildman–Crippen LogP) is 2.50. The topological polar surface area (TPSA) is 49.7 Å². The van der Waals surface area contributed by atoms with Crippen LogP contribution in [-0.2, 0) is 4.74 Å². The van der Waals surface area contributed by atoms with Crippen LogP contribution in [0.5, 0.6) is 0 Å². The second-order valence-electron chi connectivity index (χ2n) is 4.93. The van der Waals surface area contributed by atoms with Gasteiger partial charge in [0.1, 0.15) is 5.60 Å².